The maximum Gasteiger partial charge on any atom is 0.140 e. The van der Waals surface area contributed by atoms with Gasteiger partial charge < -0.3 is 15.0 Å². The van der Waals surface area contributed by atoms with Gasteiger partial charge in [0.1, 0.15) is 17.3 Å². The second-order valence-corrected chi connectivity index (χ2v) is 10.2. The van der Waals surface area contributed by atoms with Crippen LogP contribution in [0.1, 0.15) is 50.6 Å². The van der Waals surface area contributed by atoms with Crippen molar-refractivity contribution < 1.29 is 9.13 Å². The number of anilines is 1. The predicted molar refractivity (Wildman–Crippen MR) is 133 cm³/mol. The molecule has 6 heteroatoms. The number of nitrogens with zero attached hydrogens (tertiary/aromatic N) is 3. The second-order valence-electron chi connectivity index (χ2n) is 10.2. The van der Waals surface area contributed by atoms with Crippen molar-refractivity contribution in [3.05, 3.63) is 60.2 Å². The van der Waals surface area contributed by atoms with Crippen LogP contribution in [0.2, 0.25) is 0 Å². The third kappa shape index (κ3) is 4.31. The van der Waals surface area contributed by atoms with E-state index in [1.807, 2.05) is 12.3 Å². The van der Waals surface area contributed by atoms with Gasteiger partial charge in [-0.15, -0.1) is 0 Å². The van der Waals surface area contributed by atoms with E-state index in [4.69, 9.17) is 9.84 Å². The number of rotatable bonds is 6. The second kappa shape index (κ2) is 9.06. The van der Waals surface area contributed by atoms with E-state index in [-0.39, 0.29) is 5.82 Å². The summed E-state index contributed by atoms with van der Waals surface area (Å²) in [5.74, 6) is 1.91. The maximum atomic E-state index is 14.0. The van der Waals surface area contributed by atoms with Gasteiger partial charge in [-0.1, -0.05) is 6.07 Å². The van der Waals surface area contributed by atoms with Crippen molar-refractivity contribution in [2.45, 2.75) is 57.5 Å². The first kappa shape index (κ1) is 21.7. The normalized spacial score (nSPS) is 20.9. The van der Waals surface area contributed by atoms with Crippen LogP contribution in [0, 0.1) is 11.7 Å². The predicted octanol–water partition coefficient (Wildman–Crippen LogP) is 5.96. The molecule has 3 heterocycles. The molecule has 1 aliphatic carbocycles. The molecule has 3 aliphatic rings. The Hall–Kier alpha value is -2.86. The molecule has 6 rings (SSSR count). The number of benzene rings is 2. The number of hydrogen-bond acceptors (Lipinski definition) is 4. The molecule has 5 nitrogen and oxygen atoms in total. The first-order chi connectivity index (χ1) is 16.7. The van der Waals surface area contributed by atoms with Crippen molar-refractivity contribution in [3.63, 3.8) is 0 Å². The Bertz CT molecular complexity index is 1160. The molecule has 1 atom stereocenters. The molecule has 0 amide bonds. The van der Waals surface area contributed by atoms with Crippen molar-refractivity contribution in [1.82, 2.24) is 15.1 Å². The summed E-state index contributed by atoms with van der Waals surface area (Å²) in [6.45, 7) is 5.50. The zero-order valence-corrected chi connectivity index (χ0v) is 19.8. The molecule has 178 valence electrons. The van der Waals surface area contributed by atoms with Gasteiger partial charge in [-0.05, 0) is 88.7 Å². The fraction of sp³-hybridized carbons (Fsp3) is 0.464. The molecule has 0 spiro atoms. The Morgan fingerprint density at radius 2 is 1.94 bits per heavy atom. The Balaban J connectivity index is 1.41. The lowest BCUT2D eigenvalue weighted by molar-refractivity contribution is 0.343. The number of nitrogens with one attached hydrogen (secondary N) is 1. The van der Waals surface area contributed by atoms with Gasteiger partial charge in [-0.25, -0.2) is 4.39 Å². The van der Waals surface area contributed by atoms with E-state index in [0.29, 0.717) is 17.8 Å². The summed E-state index contributed by atoms with van der Waals surface area (Å²) in [7, 11) is 0. The number of halogens is 1. The largest absolute Gasteiger partial charge is 0.456 e. The zero-order valence-electron chi connectivity index (χ0n) is 19.8. The van der Waals surface area contributed by atoms with Gasteiger partial charge in [0, 0.05) is 47.2 Å². The average Bonchev–Trinajstić information content (AvgIpc) is 3.54. The van der Waals surface area contributed by atoms with Crippen LogP contribution >= 0.6 is 0 Å². The first-order valence-corrected chi connectivity index (χ1v) is 12.8. The van der Waals surface area contributed by atoms with Crippen LogP contribution in [0.5, 0.6) is 11.5 Å². The highest BCUT2D eigenvalue weighted by molar-refractivity contribution is 5.78. The van der Waals surface area contributed by atoms with Gasteiger partial charge in [0.25, 0.3) is 0 Å². The zero-order chi connectivity index (χ0) is 23.1. The standard InChI is InChI=1S/C28H33FN4O/c1-19-5-8-26-27(32(19)17-20-6-7-20)10-9-25(28(26)34-24-4-2-3-22(29)15-24)21-16-31-33(18-21)23-11-13-30-14-12-23/h2-4,9-10,15-16,18-20,23,30H,5-8,11-14,17H2,1H3/t19-/m0/s1. The Labute approximate surface area is 200 Å². The Kier molecular flexibility index (Phi) is 5.77. The summed E-state index contributed by atoms with van der Waals surface area (Å²) in [5, 5.41) is 8.16. The molecule has 0 unspecified atom stereocenters. The van der Waals surface area contributed by atoms with Crippen molar-refractivity contribution in [2.75, 3.05) is 24.5 Å². The third-order valence-corrected chi connectivity index (χ3v) is 7.65. The van der Waals surface area contributed by atoms with E-state index in [9.17, 15) is 4.39 Å². The lowest BCUT2D eigenvalue weighted by Gasteiger charge is -2.38. The highest BCUT2D eigenvalue weighted by atomic mass is 19.1. The maximum absolute atomic E-state index is 14.0. The minimum atomic E-state index is -0.286. The van der Waals surface area contributed by atoms with E-state index in [1.54, 1.807) is 6.07 Å². The van der Waals surface area contributed by atoms with Gasteiger partial charge >= 0.3 is 0 Å². The molecule has 3 aromatic rings. The number of fused-ring (bicyclic) bond motifs is 1. The number of ether oxygens (including phenoxy) is 1. The smallest absolute Gasteiger partial charge is 0.140 e. The van der Waals surface area contributed by atoms with E-state index in [1.165, 1.54) is 36.2 Å². The average molecular weight is 461 g/mol. The molecular weight excluding hydrogens is 427 g/mol. The number of aromatic nitrogens is 2. The fourth-order valence-corrected chi connectivity index (χ4v) is 5.47. The first-order valence-electron chi connectivity index (χ1n) is 12.8. The molecule has 2 fully saturated rings. The van der Waals surface area contributed by atoms with Crippen LogP contribution in [0.4, 0.5) is 10.1 Å². The molecule has 1 saturated carbocycles. The fourth-order valence-electron chi connectivity index (χ4n) is 5.47. The van der Waals surface area contributed by atoms with Gasteiger partial charge in [-0.3, -0.25) is 4.68 Å². The van der Waals surface area contributed by atoms with Crippen molar-refractivity contribution >= 4 is 5.69 Å². The Morgan fingerprint density at radius 3 is 2.74 bits per heavy atom. The van der Waals surface area contributed by atoms with E-state index in [0.717, 1.165) is 68.1 Å². The minimum Gasteiger partial charge on any atom is -0.456 e. The molecule has 2 aliphatic heterocycles. The summed E-state index contributed by atoms with van der Waals surface area (Å²) in [4.78, 5) is 2.57. The monoisotopic (exact) mass is 460 g/mol. The van der Waals surface area contributed by atoms with E-state index < -0.39 is 0 Å². The van der Waals surface area contributed by atoms with Crippen LogP contribution in [0.25, 0.3) is 11.1 Å². The molecular formula is C28H33FN4O. The van der Waals surface area contributed by atoms with Gasteiger partial charge in [-0.2, -0.15) is 5.10 Å². The SMILES string of the molecule is C[C@H]1CCc2c(ccc(-c3cnn(C4CCNCC4)c3)c2Oc2cccc(F)c2)N1CC1CC1. The molecule has 2 aromatic carbocycles. The highest BCUT2D eigenvalue weighted by Gasteiger charge is 2.32. The highest BCUT2D eigenvalue weighted by Crippen LogP contribution is 2.46. The molecule has 1 aromatic heterocycles. The van der Waals surface area contributed by atoms with Gasteiger partial charge in [0.05, 0.1) is 12.2 Å². The van der Waals surface area contributed by atoms with Crippen molar-refractivity contribution in [2.24, 2.45) is 5.92 Å². The minimum absolute atomic E-state index is 0.286. The van der Waals surface area contributed by atoms with Crippen LogP contribution in [-0.2, 0) is 6.42 Å². The summed E-state index contributed by atoms with van der Waals surface area (Å²) in [5.41, 5.74) is 4.59. The Morgan fingerprint density at radius 1 is 1.09 bits per heavy atom. The quantitative estimate of drug-likeness (QED) is 0.493. The molecule has 1 saturated heterocycles. The van der Waals surface area contributed by atoms with Crippen LogP contribution in [0.3, 0.4) is 0 Å². The molecule has 1 N–H and O–H groups in total. The van der Waals surface area contributed by atoms with Crippen molar-refractivity contribution in [3.8, 4) is 22.6 Å². The molecule has 0 radical (unpaired) electrons. The summed E-state index contributed by atoms with van der Waals surface area (Å²) < 4.78 is 22.6. The van der Waals surface area contributed by atoms with E-state index >= 15 is 0 Å². The number of hydrogen-bond donors (Lipinski definition) is 1. The van der Waals surface area contributed by atoms with Gasteiger partial charge in [0.2, 0.25) is 0 Å². The lowest BCUT2D eigenvalue weighted by Crippen LogP contribution is -2.38. The molecule has 34 heavy (non-hydrogen) atoms. The van der Waals surface area contributed by atoms with Gasteiger partial charge in [0.15, 0.2) is 0 Å². The van der Waals surface area contributed by atoms with E-state index in [2.05, 4.69) is 40.2 Å². The van der Waals surface area contributed by atoms with Crippen molar-refractivity contribution in [1.29, 1.82) is 0 Å². The summed E-state index contributed by atoms with van der Waals surface area (Å²) >= 11 is 0. The summed E-state index contributed by atoms with van der Waals surface area (Å²) in [6.07, 6.45) is 11.0. The third-order valence-electron chi connectivity index (χ3n) is 7.65. The van der Waals surface area contributed by atoms with Crippen LogP contribution < -0.4 is 15.0 Å². The summed E-state index contributed by atoms with van der Waals surface area (Å²) in [6, 6.07) is 11.8. The van der Waals surface area contributed by atoms with Crippen LogP contribution in [0.15, 0.2) is 48.8 Å². The topological polar surface area (TPSA) is 42.3 Å². The van der Waals surface area contributed by atoms with Crippen LogP contribution in [-0.4, -0.2) is 35.5 Å². The molecule has 0 bridgehead atoms. The number of piperidine rings is 1. The lowest BCUT2D eigenvalue weighted by atomic mass is 9.92.